The fraction of sp³-hybridized carbons (Fsp3) is 0.222. The molecule has 0 aromatic heterocycles. The summed E-state index contributed by atoms with van der Waals surface area (Å²) < 4.78 is 6.49. The summed E-state index contributed by atoms with van der Waals surface area (Å²) in [7, 11) is 0. The predicted molar refractivity (Wildman–Crippen MR) is 92.2 cm³/mol. The van der Waals surface area contributed by atoms with Gasteiger partial charge in [0.2, 0.25) is 0 Å². The van der Waals surface area contributed by atoms with Gasteiger partial charge in [-0.05, 0) is 59.1 Å². The van der Waals surface area contributed by atoms with Crippen LogP contribution in [-0.4, -0.2) is 24.8 Å². The van der Waals surface area contributed by atoms with Crippen LogP contribution in [0.25, 0.3) is 0 Å². The van der Waals surface area contributed by atoms with Crippen molar-refractivity contribution in [3.63, 3.8) is 0 Å². The van der Waals surface area contributed by atoms with Gasteiger partial charge in [-0.3, -0.25) is 9.59 Å². The Kier molecular flexibility index (Phi) is 4.22. The molecule has 5 heteroatoms. The minimum Gasteiger partial charge on any atom is -0.491 e. The first kappa shape index (κ1) is 15.7. The molecule has 0 fully saturated rings. The molecular weight excluding hydrogens is 358 g/mol. The minimum absolute atomic E-state index is 0.323. The minimum atomic E-state index is -0.500. The van der Waals surface area contributed by atoms with Crippen LogP contribution < -0.4 is 9.64 Å². The maximum absolute atomic E-state index is 12.2. The Labute approximate surface area is 143 Å². The molecule has 3 rings (SSSR count). The number of carbonyl (C=O) groups excluding carboxylic acids is 2. The number of Topliss-reactive ketones (excluding diaryl/α,β-unsaturated/α-hetero) is 1. The lowest BCUT2D eigenvalue weighted by molar-refractivity contribution is -0.114. The number of carbonyl (C=O) groups is 2. The molecule has 1 amide bonds. The number of hydrogen-bond donors (Lipinski definition) is 0. The zero-order valence-electron chi connectivity index (χ0n) is 12.9. The van der Waals surface area contributed by atoms with E-state index in [-0.39, 0.29) is 0 Å². The van der Waals surface area contributed by atoms with E-state index in [2.05, 4.69) is 15.9 Å². The number of hydrogen-bond acceptors (Lipinski definition) is 3. The van der Waals surface area contributed by atoms with Gasteiger partial charge in [-0.2, -0.15) is 0 Å². The van der Waals surface area contributed by atoms with E-state index in [1.54, 1.807) is 6.07 Å². The molecule has 1 heterocycles. The van der Waals surface area contributed by atoms with Gasteiger partial charge in [0.25, 0.3) is 11.7 Å². The van der Waals surface area contributed by atoms with Gasteiger partial charge >= 0.3 is 0 Å². The van der Waals surface area contributed by atoms with E-state index >= 15 is 0 Å². The summed E-state index contributed by atoms with van der Waals surface area (Å²) >= 11 is 3.46. The second-order valence-electron chi connectivity index (χ2n) is 5.54. The number of benzene rings is 2. The van der Waals surface area contributed by atoms with Gasteiger partial charge < -0.3 is 9.64 Å². The van der Waals surface area contributed by atoms with E-state index in [1.165, 1.54) is 4.90 Å². The largest absolute Gasteiger partial charge is 0.491 e. The second-order valence-corrected chi connectivity index (χ2v) is 6.40. The van der Waals surface area contributed by atoms with Crippen LogP contribution in [0, 0.1) is 13.8 Å². The molecule has 0 saturated heterocycles. The first-order valence-corrected chi connectivity index (χ1v) is 8.13. The first-order valence-electron chi connectivity index (χ1n) is 7.34. The molecule has 2 aromatic rings. The third kappa shape index (κ3) is 2.88. The van der Waals surface area contributed by atoms with E-state index in [9.17, 15) is 9.59 Å². The average Bonchev–Trinajstić information content (AvgIpc) is 2.74. The van der Waals surface area contributed by atoms with Crippen molar-refractivity contribution in [1.29, 1.82) is 0 Å². The second kappa shape index (κ2) is 6.16. The normalized spacial score (nSPS) is 13.4. The Morgan fingerprint density at radius 2 is 1.87 bits per heavy atom. The number of anilines is 1. The summed E-state index contributed by atoms with van der Waals surface area (Å²) in [6.45, 7) is 4.51. The van der Waals surface area contributed by atoms with Crippen molar-refractivity contribution in [1.82, 2.24) is 0 Å². The van der Waals surface area contributed by atoms with Crippen molar-refractivity contribution in [3.05, 3.63) is 57.6 Å². The molecule has 1 aliphatic rings. The van der Waals surface area contributed by atoms with Gasteiger partial charge in [-0.25, -0.2) is 0 Å². The Hall–Kier alpha value is -2.14. The number of nitrogens with zero attached hydrogens (tertiary/aromatic N) is 1. The molecule has 0 aliphatic carbocycles. The van der Waals surface area contributed by atoms with Crippen LogP contribution in [0.15, 0.2) is 40.9 Å². The molecule has 2 aromatic carbocycles. The smallest absolute Gasteiger partial charge is 0.299 e. The highest BCUT2D eigenvalue weighted by molar-refractivity contribution is 9.10. The summed E-state index contributed by atoms with van der Waals surface area (Å²) in [6, 6.07) is 11.4. The fourth-order valence-electron chi connectivity index (χ4n) is 2.70. The van der Waals surface area contributed by atoms with Gasteiger partial charge in [0, 0.05) is 4.47 Å². The number of ketones is 1. The van der Waals surface area contributed by atoms with Crippen LogP contribution in [0.3, 0.4) is 0 Å². The van der Waals surface area contributed by atoms with Gasteiger partial charge in [-0.15, -0.1) is 0 Å². The van der Waals surface area contributed by atoms with Crippen molar-refractivity contribution in [2.24, 2.45) is 0 Å². The molecule has 0 spiro atoms. The number of para-hydroxylation sites is 1. The maximum Gasteiger partial charge on any atom is 0.299 e. The Balaban J connectivity index is 1.78. The van der Waals surface area contributed by atoms with Gasteiger partial charge in [-0.1, -0.05) is 18.2 Å². The Morgan fingerprint density at radius 3 is 2.61 bits per heavy atom. The Bertz CT molecular complexity index is 801. The lowest BCUT2D eigenvalue weighted by atomic mass is 10.1. The van der Waals surface area contributed by atoms with Crippen molar-refractivity contribution in [2.45, 2.75) is 13.8 Å². The number of ether oxygens (including phenoxy) is 1. The predicted octanol–water partition coefficient (Wildman–Crippen LogP) is 3.67. The monoisotopic (exact) mass is 373 g/mol. The molecular formula is C18H16BrNO3. The fourth-order valence-corrected chi connectivity index (χ4v) is 3.49. The first-order chi connectivity index (χ1) is 11.0. The molecule has 0 atom stereocenters. The molecule has 118 valence electrons. The van der Waals surface area contributed by atoms with Crippen LogP contribution in [0.2, 0.25) is 0 Å². The van der Waals surface area contributed by atoms with E-state index in [4.69, 9.17) is 4.74 Å². The summed E-state index contributed by atoms with van der Waals surface area (Å²) in [4.78, 5) is 25.9. The number of halogens is 1. The molecule has 0 radical (unpaired) electrons. The number of aryl methyl sites for hydroxylation is 2. The third-order valence-corrected chi connectivity index (χ3v) is 4.43. The van der Waals surface area contributed by atoms with E-state index < -0.39 is 11.7 Å². The lowest BCUT2D eigenvalue weighted by Gasteiger charge is -2.18. The van der Waals surface area contributed by atoms with Crippen LogP contribution in [-0.2, 0) is 4.79 Å². The summed E-state index contributed by atoms with van der Waals surface area (Å²) in [5.41, 5.74) is 3.07. The van der Waals surface area contributed by atoms with E-state index in [0.29, 0.717) is 24.4 Å². The van der Waals surface area contributed by atoms with Crippen LogP contribution in [0.1, 0.15) is 21.5 Å². The van der Waals surface area contributed by atoms with Crippen molar-refractivity contribution < 1.29 is 14.3 Å². The maximum atomic E-state index is 12.2. The van der Waals surface area contributed by atoms with Crippen LogP contribution >= 0.6 is 15.9 Å². The highest BCUT2D eigenvalue weighted by atomic mass is 79.9. The molecule has 1 aliphatic heterocycles. The molecule has 0 saturated carbocycles. The number of rotatable bonds is 4. The van der Waals surface area contributed by atoms with E-state index in [0.717, 1.165) is 21.3 Å². The molecule has 0 N–H and O–H groups in total. The highest BCUT2D eigenvalue weighted by Crippen LogP contribution is 2.37. The topological polar surface area (TPSA) is 46.6 Å². The summed E-state index contributed by atoms with van der Waals surface area (Å²) in [6.07, 6.45) is 0. The Morgan fingerprint density at radius 1 is 1.13 bits per heavy atom. The summed E-state index contributed by atoms with van der Waals surface area (Å²) in [5.74, 6) is -0.173. The molecule has 0 unspecified atom stereocenters. The number of fused-ring (bicyclic) bond motifs is 1. The lowest BCUT2D eigenvalue weighted by Crippen LogP contribution is -2.33. The highest BCUT2D eigenvalue weighted by Gasteiger charge is 2.37. The summed E-state index contributed by atoms with van der Waals surface area (Å²) in [5, 5.41) is 0. The van der Waals surface area contributed by atoms with Crippen LogP contribution in [0.4, 0.5) is 5.69 Å². The molecule has 4 nitrogen and oxygen atoms in total. The van der Waals surface area contributed by atoms with Crippen molar-refractivity contribution >= 4 is 33.3 Å². The van der Waals surface area contributed by atoms with Crippen molar-refractivity contribution in [2.75, 3.05) is 18.1 Å². The zero-order chi connectivity index (χ0) is 16.6. The van der Waals surface area contributed by atoms with Gasteiger partial charge in [0.15, 0.2) is 0 Å². The van der Waals surface area contributed by atoms with Crippen LogP contribution in [0.5, 0.6) is 5.75 Å². The molecule has 0 bridgehead atoms. The SMILES string of the molecule is Cc1cc(Br)c2c(c1)C(=O)C(=O)N2CCOc1ccccc1C. The van der Waals surface area contributed by atoms with E-state index in [1.807, 2.05) is 44.2 Å². The molecule has 23 heavy (non-hydrogen) atoms. The standard InChI is InChI=1S/C18H16BrNO3/c1-11-9-13-16(14(19)10-11)20(18(22)17(13)21)7-8-23-15-6-4-3-5-12(15)2/h3-6,9-10H,7-8H2,1-2H3. The average molecular weight is 374 g/mol. The third-order valence-electron chi connectivity index (χ3n) is 3.83. The zero-order valence-corrected chi connectivity index (χ0v) is 14.5. The van der Waals surface area contributed by atoms with Gasteiger partial charge in [0.05, 0.1) is 17.8 Å². The van der Waals surface area contributed by atoms with Crippen molar-refractivity contribution in [3.8, 4) is 5.75 Å². The number of amides is 1. The quantitative estimate of drug-likeness (QED) is 0.768. The van der Waals surface area contributed by atoms with Gasteiger partial charge in [0.1, 0.15) is 12.4 Å².